The van der Waals surface area contributed by atoms with Crippen LogP contribution >= 0.6 is 46.4 Å². The van der Waals surface area contributed by atoms with Crippen molar-refractivity contribution < 1.29 is 4.79 Å². The minimum atomic E-state index is 0.378. The molecule has 2 aromatic carbocycles. The number of hydrogen-bond acceptors (Lipinski definition) is 1. The van der Waals surface area contributed by atoms with Crippen LogP contribution < -0.4 is 0 Å². The smallest absolute Gasteiger partial charge is 0.150 e. The Morgan fingerprint density at radius 1 is 0.778 bits per heavy atom. The van der Waals surface area contributed by atoms with Gasteiger partial charge in [-0.05, 0) is 35.9 Å². The largest absolute Gasteiger partial charge is 0.298 e. The fourth-order valence-corrected chi connectivity index (χ4v) is 2.48. The molecule has 0 N–H and O–H groups in total. The Kier molecular flexibility index (Phi) is 4.18. The van der Waals surface area contributed by atoms with E-state index < -0.39 is 0 Å². The maximum absolute atomic E-state index is 10.8. The third-order valence-corrected chi connectivity index (χ3v) is 3.63. The summed E-state index contributed by atoms with van der Waals surface area (Å²) in [6, 6.07) is 8.17. The molecule has 0 bridgehead atoms. The van der Waals surface area contributed by atoms with E-state index in [0.29, 0.717) is 36.8 Å². The van der Waals surface area contributed by atoms with Crippen molar-refractivity contribution in [2.75, 3.05) is 0 Å². The zero-order valence-corrected chi connectivity index (χ0v) is 11.9. The van der Waals surface area contributed by atoms with Gasteiger partial charge in [-0.25, -0.2) is 0 Å². The summed E-state index contributed by atoms with van der Waals surface area (Å²) >= 11 is 23.9. The first-order valence-electron chi connectivity index (χ1n) is 4.92. The van der Waals surface area contributed by atoms with Gasteiger partial charge in [0, 0.05) is 21.2 Å². The van der Waals surface area contributed by atoms with Gasteiger partial charge in [-0.15, -0.1) is 0 Å². The van der Waals surface area contributed by atoms with E-state index in [1.165, 1.54) is 0 Å². The van der Waals surface area contributed by atoms with Crippen LogP contribution in [0, 0.1) is 0 Å². The second kappa shape index (κ2) is 5.50. The topological polar surface area (TPSA) is 17.1 Å². The Labute approximate surface area is 124 Å². The standard InChI is InChI=1S/C13H6Cl4O/c14-9-2-7(6-18)1-8(3-9)10-4-12(16)13(17)5-11(10)15/h1-6H. The Hall–Kier alpha value is -0.730. The molecule has 0 atom stereocenters. The number of carbonyl (C=O) groups is 1. The van der Waals surface area contributed by atoms with E-state index in [2.05, 4.69) is 0 Å². The Balaban J connectivity index is 2.65. The number of benzene rings is 2. The van der Waals surface area contributed by atoms with E-state index >= 15 is 0 Å². The van der Waals surface area contributed by atoms with Crippen molar-refractivity contribution in [3.8, 4) is 11.1 Å². The van der Waals surface area contributed by atoms with Crippen LogP contribution in [0.15, 0.2) is 30.3 Å². The fraction of sp³-hybridized carbons (Fsp3) is 0. The highest BCUT2D eigenvalue weighted by atomic mass is 35.5. The first-order chi connectivity index (χ1) is 8.51. The molecule has 0 heterocycles. The van der Waals surface area contributed by atoms with Gasteiger partial charge in [-0.3, -0.25) is 4.79 Å². The summed E-state index contributed by atoms with van der Waals surface area (Å²) in [6.45, 7) is 0. The Bertz CT molecular complexity index is 623. The van der Waals surface area contributed by atoms with Gasteiger partial charge in [-0.2, -0.15) is 0 Å². The van der Waals surface area contributed by atoms with Crippen molar-refractivity contribution in [3.63, 3.8) is 0 Å². The highest BCUT2D eigenvalue weighted by Crippen LogP contribution is 2.36. The zero-order valence-electron chi connectivity index (χ0n) is 8.88. The normalized spacial score (nSPS) is 10.4. The third-order valence-electron chi connectivity index (χ3n) is 2.38. The maximum Gasteiger partial charge on any atom is 0.150 e. The van der Waals surface area contributed by atoms with Crippen LogP contribution in [0.2, 0.25) is 20.1 Å². The minimum Gasteiger partial charge on any atom is -0.298 e. The number of carbonyl (C=O) groups excluding carboxylic acids is 1. The van der Waals surface area contributed by atoms with Gasteiger partial charge in [0.1, 0.15) is 6.29 Å². The van der Waals surface area contributed by atoms with Crippen LogP contribution in [-0.2, 0) is 0 Å². The molecule has 18 heavy (non-hydrogen) atoms. The molecule has 0 saturated heterocycles. The van der Waals surface area contributed by atoms with Crippen LogP contribution in [0.25, 0.3) is 11.1 Å². The zero-order chi connectivity index (χ0) is 13.3. The van der Waals surface area contributed by atoms with E-state index in [1.807, 2.05) is 0 Å². The molecule has 0 aliphatic heterocycles. The van der Waals surface area contributed by atoms with Crippen LogP contribution in [0.5, 0.6) is 0 Å². The number of halogens is 4. The summed E-state index contributed by atoms with van der Waals surface area (Å²) in [4.78, 5) is 10.8. The Morgan fingerprint density at radius 2 is 1.44 bits per heavy atom. The summed E-state index contributed by atoms with van der Waals surface area (Å²) in [6.07, 6.45) is 0.723. The molecule has 0 saturated carbocycles. The van der Waals surface area contributed by atoms with Crippen LogP contribution in [-0.4, -0.2) is 6.29 Å². The van der Waals surface area contributed by atoms with Gasteiger partial charge in [0.2, 0.25) is 0 Å². The summed E-state index contributed by atoms with van der Waals surface area (Å²) in [7, 11) is 0. The van der Waals surface area contributed by atoms with E-state index in [9.17, 15) is 4.79 Å². The van der Waals surface area contributed by atoms with Crippen LogP contribution in [0.3, 0.4) is 0 Å². The molecule has 0 aromatic heterocycles. The van der Waals surface area contributed by atoms with Crippen LogP contribution in [0.4, 0.5) is 0 Å². The molecule has 0 unspecified atom stereocenters. The molecule has 2 rings (SSSR count). The van der Waals surface area contributed by atoms with Crippen molar-refractivity contribution in [3.05, 3.63) is 56.0 Å². The molecule has 0 aliphatic rings. The molecule has 0 radical (unpaired) electrons. The second-order valence-corrected chi connectivity index (χ2v) is 5.30. The monoisotopic (exact) mass is 318 g/mol. The average molecular weight is 320 g/mol. The minimum absolute atomic E-state index is 0.378. The third kappa shape index (κ3) is 2.81. The first-order valence-corrected chi connectivity index (χ1v) is 6.43. The molecule has 0 aliphatic carbocycles. The molecule has 0 amide bonds. The lowest BCUT2D eigenvalue weighted by molar-refractivity contribution is 0.112. The van der Waals surface area contributed by atoms with Gasteiger partial charge in [0.15, 0.2) is 0 Å². The van der Waals surface area contributed by atoms with Gasteiger partial charge in [-0.1, -0.05) is 46.4 Å². The second-order valence-electron chi connectivity index (χ2n) is 3.64. The summed E-state index contributed by atoms with van der Waals surface area (Å²) in [5.74, 6) is 0. The molecular formula is C13H6Cl4O. The van der Waals surface area contributed by atoms with Crippen molar-refractivity contribution in [1.29, 1.82) is 0 Å². The van der Waals surface area contributed by atoms with Crippen molar-refractivity contribution >= 4 is 52.7 Å². The molecular weight excluding hydrogens is 314 g/mol. The van der Waals surface area contributed by atoms with E-state index in [1.54, 1.807) is 30.3 Å². The van der Waals surface area contributed by atoms with E-state index in [4.69, 9.17) is 46.4 Å². The number of rotatable bonds is 2. The van der Waals surface area contributed by atoms with Crippen molar-refractivity contribution in [1.82, 2.24) is 0 Å². The summed E-state index contributed by atoms with van der Waals surface area (Å²) in [5.41, 5.74) is 1.87. The highest BCUT2D eigenvalue weighted by Gasteiger charge is 2.09. The average Bonchev–Trinajstić information content (AvgIpc) is 2.33. The molecule has 2 aromatic rings. The summed E-state index contributed by atoms with van der Waals surface area (Å²) < 4.78 is 0. The molecule has 0 fully saturated rings. The maximum atomic E-state index is 10.8. The lowest BCUT2D eigenvalue weighted by Gasteiger charge is -2.08. The van der Waals surface area contributed by atoms with Gasteiger partial charge in [0.25, 0.3) is 0 Å². The first kappa shape index (κ1) is 13.7. The van der Waals surface area contributed by atoms with Gasteiger partial charge >= 0.3 is 0 Å². The SMILES string of the molecule is O=Cc1cc(Cl)cc(-c2cc(Cl)c(Cl)cc2Cl)c1. The number of hydrogen-bond donors (Lipinski definition) is 0. The molecule has 1 nitrogen and oxygen atoms in total. The lowest BCUT2D eigenvalue weighted by atomic mass is 10.0. The highest BCUT2D eigenvalue weighted by molar-refractivity contribution is 6.44. The molecule has 5 heteroatoms. The summed E-state index contributed by atoms with van der Waals surface area (Å²) in [5, 5.41) is 1.67. The number of aldehydes is 1. The van der Waals surface area contributed by atoms with E-state index in [-0.39, 0.29) is 0 Å². The van der Waals surface area contributed by atoms with Crippen molar-refractivity contribution in [2.24, 2.45) is 0 Å². The molecule has 92 valence electrons. The lowest BCUT2D eigenvalue weighted by Crippen LogP contribution is -1.85. The van der Waals surface area contributed by atoms with E-state index in [0.717, 1.165) is 6.29 Å². The molecule has 0 spiro atoms. The van der Waals surface area contributed by atoms with Gasteiger partial charge in [0.05, 0.1) is 10.0 Å². The van der Waals surface area contributed by atoms with Gasteiger partial charge < -0.3 is 0 Å². The quantitative estimate of drug-likeness (QED) is 0.506. The predicted octanol–water partition coefficient (Wildman–Crippen LogP) is 5.78. The van der Waals surface area contributed by atoms with Crippen LogP contribution in [0.1, 0.15) is 10.4 Å². The predicted molar refractivity (Wildman–Crippen MR) is 77.3 cm³/mol. The fourth-order valence-electron chi connectivity index (χ4n) is 1.58. The van der Waals surface area contributed by atoms with Crippen molar-refractivity contribution in [2.45, 2.75) is 0 Å². The Morgan fingerprint density at radius 3 is 2.11 bits per heavy atom.